The second-order valence-electron chi connectivity index (χ2n) is 11.1. The predicted molar refractivity (Wildman–Crippen MR) is 148 cm³/mol. The molecule has 2 aliphatic rings. The van der Waals surface area contributed by atoms with Gasteiger partial charge in [0.15, 0.2) is 0 Å². The fraction of sp³-hybridized carbons (Fsp3) is 0.581. The van der Waals surface area contributed by atoms with Gasteiger partial charge in [0.25, 0.3) is 0 Å². The summed E-state index contributed by atoms with van der Waals surface area (Å²) >= 11 is 0. The average molecular weight is 525 g/mol. The molecule has 208 valence electrons. The number of ether oxygens (including phenoxy) is 2. The van der Waals surface area contributed by atoms with Crippen molar-refractivity contribution < 1.29 is 24.5 Å². The van der Waals surface area contributed by atoms with Gasteiger partial charge in [-0.05, 0) is 76.7 Å². The van der Waals surface area contributed by atoms with Crippen LogP contribution >= 0.6 is 0 Å². The first kappa shape index (κ1) is 28.7. The van der Waals surface area contributed by atoms with E-state index in [-0.39, 0.29) is 12.0 Å². The van der Waals surface area contributed by atoms with Crippen molar-refractivity contribution in [2.45, 2.75) is 75.2 Å². The highest BCUT2D eigenvalue weighted by molar-refractivity contribution is 5.65. The zero-order valence-electron chi connectivity index (χ0n) is 23.1. The zero-order valence-corrected chi connectivity index (χ0v) is 23.1. The molecule has 7 heteroatoms. The highest BCUT2D eigenvalue weighted by Crippen LogP contribution is 2.46. The zero-order chi connectivity index (χ0) is 27.2. The van der Waals surface area contributed by atoms with E-state index in [1.165, 1.54) is 0 Å². The summed E-state index contributed by atoms with van der Waals surface area (Å²) in [6.07, 6.45) is 5.39. The van der Waals surface area contributed by atoms with E-state index in [0.717, 1.165) is 55.4 Å². The molecule has 38 heavy (non-hydrogen) atoms. The number of para-hydroxylation sites is 2. The predicted octanol–water partition coefficient (Wildman–Crippen LogP) is 4.18. The first-order chi connectivity index (χ1) is 18.4. The Morgan fingerprint density at radius 2 is 1.87 bits per heavy atom. The maximum Gasteiger partial charge on any atom is 0.140 e. The Labute approximate surface area is 227 Å². The van der Waals surface area contributed by atoms with Gasteiger partial charge in [0, 0.05) is 44.2 Å². The number of benzene rings is 2. The Kier molecular flexibility index (Phi) is 9.60. The van der Waals surface area contributed by atoms with Gasteiger partial charge in [-0.1, -0.05) is 36.4 Å². The molecule has 0 aromatic heterocycles. The Bertz CT molecular complexity index is 1060. The van der Waals surface area contributed by atoms with E-state index in [2.05, 4.69) is 10.2 Å². The minimum atomic E-state index is -1.14. The van der Waals surface area contributed by atoms with Crippen LogP contribution in [0.1, 0.15) is 56.1 Å². The molecule has 3 N–H and O–H groups in total. The molecular formula is C31H44N2O5. The number of unbranched alkanes of at least 4 members (excludes halogenated alkanes) is 1. The van der Waals surface area contributed by atoms with Gasteiger partial charge < -0.3 is 29.8 Å². The molecule has 0 spiro atoms. The number of aryl methyl sites for hydroxylation is 1. The standard InChI is InChI=1S/C31H44N2O5/c1-23-11-4-6-14-28(23)38-29-15-7-5-13-25(29)31(36,16-8-9-18-37-3)24-12-10-17-33(21-24)30(22-34)19-26(32-2)27(35)20-30/h4-7,11,13-15,22,24,26-27,32,35-36H,8-10,12,16-21H2,1-3H3/t24-,26-,27-,30+,31+/m1/s1. The van der Waals surface area contributed by atoms with Gasteiger partial charge in [0.1, 0.15) is 17.8 Å². The second-order valence-corrected chi connectivity index (χ2v) is 11.1. The Balaban J connectivity index is 1.66. The van der Waals surface area contributed by atoms with Crippen molar-refractivity contribution in [1.82, 2.24) is 10.2 Å². The molecule has 0 amide bonds. The number of hydrogen-bond acceptors (Lipinski definition) is 7. The molecule has 7 nitrogen and oxygen atoms in total. The third kappa shape index (κ3) is 5.97. The molecule has 1 saturated heterocycles. The SMILES string of the molecule is CN[C@@H]1C[C@](C=O)(N2CCC[C@@H]([C@@](O)(CCCCOC)c3ccccc3Oc3ccccc3C)C2)C[C@H]1O. The Morgan fingerprint density at radius 3 is 2.55 bits per heavy atom. The van der Waals surface area contributed by atoms with Gasteiger partial charge in [0.2, 0.25) is 0 Å². The van der Waals surface area contributed by atoms with Crippen molar-refractivity contribution in [2.75, 3.05) is 33.9 Å². The molecule has 0 unspecified atom stereocenters. The van der Waals surface area contributed by atoms with E-state index in [9.17, 15) is 15.0 Å². The molecule has 1 aliphatic carbocycles. The van der Waals surface area contributed by atoms with E-state index in [4.69, 9.17) is 9.47 Å². The maximum absolute atomic E-state index is 12.6. The number of methoxy groups -OCH3 is 1. The van der Waals surface area contributed by atoms with E-state index in [0.29, 0.717) is 38.2 Å². The van der Waals surface area contributed by atoms with Crippen molar-refractivity contribution in [2.24, 2.45) is 5.92 Å². The summed E-state index contributed by atoms with van der Waals surface area (Å²) in [5, 5.41) is 26.4. The molecule has 2 aromatic rings. The summed E-state index contributed by atoms with van der Waals surface area (Å²) in [5.74, 6) is 1.33. The number of likely N-dealkylation sites (tertiary alicyclic amines) is 1. The summed E-state index contributed by atoms with van der Waals surface area (Å²) in [4.78, 5) is 14.7. The molecule has 4 rings (SSSR count). The van der Waals surface area contributed by atoms with Crippen molar-refractivity contribution >= 4 is 6.29 Å². The summed E-state index contributed by atoms with van der Waals surface area (Å²) in [6, 6.07) is 15.6. The molecule has 2 aromatic carbocycles. The van der Waals surface area contributed by atoms with Crippen LogP contribution < -0.4 is 10.1 Å². The molecule has 0 bridgehead atoms. The van der Waals surface area contributed by atoms with E-state index in [1.54, 1.807) is 7.11 Å². The van der Waals surface area contributed by atoms with Crippen LogP contribution in [0, 0.1) is 12.8 Å². The number of aliphatic hydroxyl groups excluding tert-OH is 1. The van der Waals surface area contributed by atoms with Crippen molar-refractivity contribution in [1.29, 1.82) is 0 Å². The molecule has 1 aliphatic heterocycles. The number of rotatable bonds is 12. The number of carbonyl (C=O) groups excluding carboxylic acids is 1. The minimum Gasteiger partial charge on any atom is -0.457 e. The quantitative estimate of drug-likeness (QED) is 0.283. The molecule has 5 atom stereocenters. The number of aldehydes is 1. The maximum atomic E-state index is 12.6. The smallest absolute Gasteiger partial charge is 0.140 e. The lowest BCUT2D eigenvalue weighted by atomic mass is 9.73. The topological polar surface area (TPSA) is 91.3 Å². The van der Waals surface area contributed by atoms with Crippen molar-refractivity contribution in [3.8, 4) is 11.5 Å². The van der Waals surface area contributed by atoms with Crippen LogP contribution in [-0.2, 0) is 15.1 Å². The lowest BCUT2D eigenvalue weighted by molar-refractivity contribution is -0.125. The lowest BCUT2D eigenvalue weighted by Crippen LogP contribution is -2.56. The van der Waals surface area contributed by atoms with Crippen LogP contribution in [0.25, 0.3) is 0 Å². The van der Waals surface area contributed by atoms with E-state index >= 15 is 0 Å². The van der Waals surface area contributed by atoms with Gasteiger partial charge in [0.05, 0.1) is 17.2 Å². The monoisotopic (exact) mass is 524 g/mol. The van der Waals surface area contributed by atoms with Crippen molar-refractivity contribution in [3.63, 3.8) is 0 Å². The average Bonchev–Trinajstić information content (AvgIpc) is 3.29. The van der Waals surface area contributed by atoms with Crippen molar-refractivity contribution in [3.05, 3.63) is 59.7 Å². The second kappa shape index (κ2) is 12.7. The Morgan fingerprint density at radius 1 is 1.13 bits per heavy atom. The van der Waals surface area contributed by atoms with Gasteiger partial charge in [-0.15, -0.1) is 0 Å². The number of aliphatic hydroxyl groups is 2. The first-order valence-electron chi connectivity index (χ1n) is 14.0. The first-order valence-corrected chi connectivity index (χ1v) is 14.0. The largest absolute Gasteiger partial charge is 0.457 e. The van der Waals surface area contributed by atoms with Gasteiger partial charge in [-0.25, -0.2) is 0 Å². The number of nitrogens with zero attached hydrogens (tertiary/aromatic N) is 1. The Hall–Kier alpha value is -2.29. The third-order valence-electron chi connectivity index (χ3n) is 8.74. The number of hydrogen-bond donors (Lipinski definition) is 3. The van der Waals surface area contributed by atoms with Gasteiger partial charge in [-0.3, -0.25) is 4.90 Å². The number of nitrogens with one attached hydrogen (secondary N) is 1. The molecule has 0 radical (unpaired) electrons. The minimum absolute atomic E-state index is 0.0944. The van der Waals surface area contributed by atoms with Gasteiger partial charge in [-0.2, -0.15) is 0 Å². The van der Waals surface area contributed by atoms with E-state index in [1.807, 2.05) is 62.5 Å². The van der Waals surface area contributed by atoms with Crippen LogP contribution in [0.2, 0.25) is 0 Å². The van der Waals surface area contributed by atoms with Crippen LogP contribution in [0.15, 0.2) is 48.5 Å². The van der Waals surface area contributed by atoms with Crippen LogP contribution in [0.5, 0.6) is 11.5 Å². The van der Waals surface area contributed by atoms with Crippen LogP contribution in [0.3, 0.4) is 0 Å². The van der Waals surface area contributed by atoms with Gasteiger partial charge >= 0.3 is 0 Å². The summed E-state index contributed by atoms with van der Waals surface area (Å²) in [6.45, 7) is 4.02. The number of carbonyl (C=O) groups is 1. The fourth-order valence-corrected chi connectivity index (χ4v) is 6.50. The van der Waals surface area contributed by atoms with Crippen LogP contribution in [0.4, 0.5) is 0 Å². The fourth-order valence-electron chi connectivity index (χ4n) is 6.50. The number of likely N-dealkylation sites (N-methyl/N-ethyl adjacent to an activating group) is 1. The normalized spacial score (nSPS) is 27.7. The highest BCUT2D eigenvalue weighted by Gasteiger charge is 2.51. The molecular weight excluding hydrogens is 480 g/mol. The molecule has 1 saturated carbocycles. The summed E-state index contributed by atoms with van der Waals surface area (Å²) in [5.41, 5.74) is -0.0521. The lowest BCUT2D eigenvalue weighted by Gasteiger charge is -2.47. The third-order valence-corrected chi connectivity index (χ3v) is 8.74. The van der Waals surface area contributed by atoms with Crippen LogP contribution in [-0.4, -0.2) is 72.9 Å². The van der Waals surface area contributed by atoms with E-state index < -0.39 is 17.2 Å². The molecule has 2 fully saturated rings. The number of piperidine rings is 1. The highest BCUT2D eigenvalue weighted by atomic mass is 16.5. The summed E-state index contributed by atoms with van der Waals surface area (Å²) < 4.78 is 11.7. The molecule has 1 heterocycles. The summed E-state index contributed by atoms with van der Waals surface area (Å²) in [7, 11) is 3.53.